The molecule has 0 atom stereocenters. The standard InChI is InChI=1S/C17H24N4O2/c1-3-17(4-2,11-18)20-15(22)9-10-21-12-19-14-8-6-5-7-13(14)16(21)23/h5-8,12H,3-4,9-11,18H2,1-2H3,(H,20,22). The van der Waals surface area contributed by atoms with Gasteiger partial charge in [0.15, 0.2) is 0 Å². The van der Waals surface area contributed by atoms with Gasteiger partial charge in [0.05, 0.1) is 22.8 Å². The van der Waals surface area contributed by atoms with E-state index in [4.69, 9.17) is 5.73 Å². The largest absolute Gasteiger partial charge is 0.349 e. The van der Waals surface area contributed by atoms with E-state index < -0.39 is 0 Å². The highest BCUT2D eigenvalue weighted by Gasteiger charge is 2.25. The van der Waals surface area contributed by atoms with Crippen molar-refractivity contribution >= 4 is 16.8 Å². The molecule has 0 aliphatic heterocycles. The SMILES string of the molecule is CCC(CC)(CN)NC(=O)CCn1cnc2ccccc2c1=O. The van der Waals surface area contributed by atoms with Crippen molar-refractivity contribution in [2.45, 2.75) is 45.2 Å². The molecule has 0 aliphatic rings. The molecule has 23 heavy (non-hydrogen) atoms. The fraction of sp³-hybridized carbons (Fsp3) is 0.471. The molecular formula is C17H24N4O2. The first-order chi connectivity index (χ1) is 11.0. The Balaban J connectivity index is 2.08. The number of hydrogen-bond acceptors (Lipinski definition) is 4. The molecule has 1 heterocycles. The number of para-hydroxylation sites is 1. The molecule has 6 nitrogen and oxygen atoms in total. The third-order valence-corrected chi connectivity index (χ3v) is 4.46. The molecule has 0 bridgehead atoms. The molecule has 0 fully saturated rings. The van der Waals surface area contributed by atoms with Crippen molar-refractivity contribution in [3.05, 3.63) is 40.9 Å². The van der Waals surface area contributed by atoms with Crippen LogP contribution in [0.4, 0.5) is 0 Å². The fourth-order valence-electron chi connectivity index (χ4n) is 2.61. The molecule has 6 heteroatoms. The van der Waals surface area contributed by atoms with Crippen LogP contribution < -0.4 is 16.6 Å². The summed E-state index contributed by atoms with van der Waals surface area (Å²) >= 11 is 0. The number of nitrogens with zero attached hydrogens (tertiary/aromatic N) is 2. The van der Waals surface area contributed by atoms with Crippen LogP contribution in [0.1, 0.15) is 33.1 Å². The average Bonchev–Trinajstić information content (AvgIpc) is 2.59. The predicted molar refractivity (Wildman–Crippen MR) is 91.1 cm³/mol. The Morgan fingerprint density at radius 1 is 1.30 bits per heavy atom. The Morgan fingerprint density at radius 2 is 2.00 bits per heavy atom. The molecule has 2 aromatic rings. The minimum absolute atomic E-state index is 0.0980. The van der Waals surface area contributed by atoms with Crippen molar-refractivity contribution < 1.29 is 4.79 Å². The summed E-state index contributed by atoms with van der Waals surface area (Å²) in [5.74, 6) is -0.0980. The van der Waals surface area contributed by atoms with E-state index in [0.717, 1.165) is 12.8 Å². The first kappa shape index (κ1) is 17.1. The van der Waals surface area contributed by atoms with E-state index in [1.807, 2.05) is 19.9 Å². The fourth-order valence-corrected chi connectivity index (χ4v) is 2.61. The van der Waals surface area contributed by atoms with E-state index in [9.17, 15) is 9.59 Å². The maximum Gasteiger partial charge on any atom is 0.261 e. The van der Waals surface area contributed by atoms with Crippen LogP contribution in [0.2, 0.25) is 0 Å². The summed E-state index contributed by atoms with van der Waals surface area (Å²) < 4.78 is 1.48. The van der Waals surface area contributed by atoms with E-state index in [1.165, 1.54) is 10.9 Å². The molecule has 0 aliphatic carbocycles. The Hall–Kier alpha value is -2.21. The van der Waals surface area contributed by atoms with Gasteiger partial charge in [-0.2, -0.15) is 0 Å². The summed E-state index contributed by atoms with van der Waals surface area (Å²) in [5, 5.41) is 3.57. The number of hydrogen-bond donors (Lipinski definition) is 2. The van der Waals surface area contributed by atoms with Gasteiger partial charge in [-0.1, -0.05) is 26.0 Å². The molecule has 1 aromatic heterocycles. The summed E-state index contributed by atoms with van der Waals surface area (Å²) in [7, 11) is 0. The monoisotopic (exact) mass is 316 g/mol. The summed E-state index contributed by atoms with van der Waals surface area (Å²) in [6, 6.07) is 7.19. The lowest BCUT2D eigenvalue weighted by Crippen LogP contribution is -2.53. The second-order valence-electron chi connectivity index (χ2n) is 5.75. The zero-order valence-electron chi connectivity index (χ0n) is 13.7. The Kier molecular flexibility index (Phi) is 5.50. The van der Waals surface area contributed by atoms with Crippen LogP contribution in [0, 0.1) is 0 Å². The van der Waals surface area contributed by atoms with Crippen LogP contribution in [0.5, 0.6) is 0 Å². The van der Waals surface area contributed by atoms with Crippen molar-refractivity contribution in [3.8, 4) is 0 Å². The molecule has 2 rings (SSSR count). The van der Waals surface area contributed by atoms with Gasteiger partial charge in [0.2, 0.25) is 5.91 Å². The van der Waals surface area contributed by atoms with Gasteiger partial charge in [0, 0.05) is 19.5 Å². The smallest absolute Gasteiger partial charge is 0.261 e. The van der Waals surface area contributed by atoms with E-state index >= 15 is 0 Å². The third kappa shape index (κ3) is 3.76. The van der Waals surface area contributed by atoms with E-state index in [0.29, 0.717) is 24.0 Å². The number of amides is 1. The highest BCUT2D eigenvalue weighted by molar-refractivity contribution is 5.78. The lowest BCUT2D eigenvalue weighted by molar-refractivity contribution is -0.123. The van der Waals surface area contributed by atoms with Crippen molar-refractivity contribution in [3.63, 3.8) is 0 Å². The van der Waals surface area contributed by atoms with Gasteiger partial charge in [0.25, 0.3) is 5.56 Å². The van der Waals surface area contributed by atoms with Crippen LogP contribution in [-0.4, -0.2) is 27.5 Å². The van der Waals surface area contributed by atoms with Crippen molar-refractivity contribution in [1.82, 2.24) is 14.9 Å². The van der Waals surface area contributed by atoms with Crippen molar-refractivity contribution in [2.24, 2.45) is 5.73 Å². The Labute approximate surface area is 135 Å². The summed E-state index contributed by atoms with van der Waals surface area (Å²) in [4.78, 5) is 28.8. The first-order valence-electron chi connectivity index (χ1n) is 8.00. The number of nitrogens with one attached hydrogen (secondary N) is 1. The highest BCUT2D eigenvalue weighted by Crippen LogP contribution is 2.13. The van der Waals surface area contributed by atoms with Crippen LogP contribution >= 0.6 is 0 Å². The maximum atomic E-state index is 12.4. The van der Waals surface area contributed by atoms with Gasteiger partial charge in [0.1, 0.15) is 0 Å². The maximum absolute atomic E-state index is 12.4. The summed E-state index contributed by atoms with van der Waals surface area (Å²) in [6.45, 7) is 4.72. The Bertz CT molecular complexity index is 726. The number of nitrogens with two attached hydrogens (primary N) is 1. The van der Waals surface area contributed by atoms with E-state index in [-0.39, 0.29) is 23.4 Å². The molecule has 1 amide bonds. The molecule has 124 valence electrons. The molecule has 0 saturated heterocycles. The van der Waals surface area contributed by atoms with E-state index in [1.54, 1.807) is 18.2 Å². The molecule has 0 unspecified atom stereocenters. The quantitative estimate of drug-likeness (QED) is 0.808. The first-order valence-corrected chi connectivity index (χ1v) is 8.00. The second kappa shape index (κ2) is 7.37. The number of aryl methyl sites for hydroxylation is 1. The number of benzene rings is 1. The minimum atomic E-state index is -0.357. The molecule has 0 radical (unpaired) electrons. The normalized spacial score (nSPS) is 11.6. The molecule has 0 saturated carbocycles. The van der Waals surface area contributed by atoms with Gasteiger partial charge in [-0.05, 0) is 25.0 Å². The second-order valence-corrected chi connectivity index (χ2v) is 5.75. The van der Waals surface area contributed by atoms with Crippen LogP contribution in [0.15, 0.2) is 35.4 Å². The number of carbonyl (C=O) groups is 1. The van der Waals surface area contributed by atoms with Crippen LogP contribution in [-0.2, 0) is 11.3 Å². The zero-order chi connectivity index (χ0) is 16.9. The average molecular weight is 316 g/mol. The number of rotatable bonds is 7. The number of fused-ring (bicyclic) bond motifs is 1. The number of carbonyl (C=O) groups excluding carboxylic acids is 1. The topological polar surface area (TPSA) is 90.0 Å². The minimum Gasteiger partial charge on any atom is -0.349 e. The lowest BCUT2D eigenvalue weighted by Gasteiger charge is -2.31. The highest BCUT2D eigenvalue weighted by atomic mass is 16.2. The van der Waals surface area contributed by atoms with Crippen LogP contribution in [0.3, 0.4) is 0 Å². The van der Waals surface area contributed by atoms with Crippen molar-refractivity contribution in [2.75, 3.05) is 6.54 Å². The molecule has 1 aromatic carbocycles. The zero-order valence-corrected chi connectivity index (χ0v) is 13.7. The Morgan fingerprint density at radius 3 is 2.65 bits per heavy atom. The van der Waals surface area contributed by atoms with Gasteiger partial charge in [-0.3, -0.25) is 14.2 Å². The van der Waals surface area contributed by atoms with Crippen molar-refractivity contribution in [1.29, 1.82) is 0 Å². The third-order valence-electron chi connectivity index (χ3n) is 4.46. The predicted octanol–water partition coefficient (Wildman–Crippen LogP) is 1.42. The van der Waals surface area contributed by atoms with Gasteiger partial charge in [-0.15, -0.1) is 0 Å². The summed E-state index contributed by atoms with van der Waals surface area (Å²) in [5.41, 5.74) is 5.97. The van der Waals surface area contributed by atoms with Crippen LogP contribution in [0.25, 0.3) is 10.9 Å². The molecule has 3 N–H and O–H groups in total. The number of aromatic nitrogens is 2. The van der Waals surface area contributed by atoms with Gasteiger partial charge < -0.3 is 11.1 Å². The summed E-state index contributed by atoms with van der Waals surface area (Å²) in [6.07, 6.45) is 3.28. The molecular weight excluding hydrogens is 292 g/mol. The van der Waals surface area contributed by atoms with Gasteiger partial charge >= 0.3 is 0 Å². The lowest BCUT2D eigenvalue weighted by atomic mass is 9.93. The van der Waals surface area contributed by atoms with E-state index in [2.05, 4.69) is 10.3 Å². The van der Waals surface area contributed by atoms with Gasteiger partial charge in [-0.25, -0.2) is 4.98 Å². The molecule has 0 spiro atoms.